The van der Waals surface area contributed by atoms with Crippen molar-refractivity contribution in [2.24, 2.45) is 0 Å². The summed E-state index contributed by atoms with van der Waals surface area (Å²) in [6.07, 6.45) is 5.17. The molecule has 11 heteroatoms. The lowest BCUT2D eigenvalue weighted by molar-refractivity contribution is 0.103. The number of hydrogen-bond acceptors (Lipinski definition) is 7. The molecule has 2 N–H and O–H groups in total. The first-order chi connectivity index (χ1) is 21.0. The Hall–Kier alpha value is -4.87. The number of urea groups is 1. The van der Waals surface area contributed by atoms with Gasteiger partial charge in [0, 0.05) is 18.3 Å². The van der Waals surface area contributed by atoms with Gasteiger partial charge >= 0.3 is 6.03 Å². The first kappa shape index (κ1) is 27.0. The third kappa shape index (κ3) is 5.52. The quantitative estimate of drug-likeness (QED) is 0.202. The molecule has 3 amide bonds. The summed E-state index contributed by atoms with van der Waals surface area (Å²) in [5.41, 5.74) is 2.81. The Kier molecular flexibility index (Phi) is 7.17. The van der Waals surface area contributed by atoms with Gasteiger partial charge in [0.05, 0.1) is 16.8 Å². The molecule has 0 spiro atoms. The predicted octanol–water partition coefficient (Wildman–Crippen LogP) is 7.54. The van der Waals surface area contributed by atoms with Crippen molar-refractivity contribution in [3.05, 3.63) is 95.4 Å². The number of halogens is 1. The van der Waals surface area contributed by atoms with Crippen molar-refractivity contribution in [3.63, 3.8) is 0 Å². The highest BCUT2D eigenvalue weighted by molar-refractivity contribution is 7.21. The number of nitrogens with zero attached hydrogens (tertiary/aromatic N) is 4. The van der Waals surface area contributed by atoms with Crippen molar-refractivity contribution in [1.82, 2.24) is 14.9 Å². The molecule has 2 aromatic heterocycles. The highest BCUT2D eigenvalue weighted by Gasteiger charge is 2.34. The van der Waals surface area contributed by atoms with Crippen LogP contribution in [0.1, 0.15) is 34.5 Å². The van der Waals surface area contributed by atoms with Gasteiger partial charge in [-0.05, 0) is 80.0 Å². The zero-order chi connectivity index (χ0) is 29.3. The molecule has 2 aliphatic heterocycles. The molecule has 9 nitrogen and oxygen atoms in total. The van der Waals surface area contributed by atoms with Crippen molar-refractivity contribution in [2.75, 3.05) is 28.6 Å². The zero-order valence-electron chi connectivity index (χ0n) is 23.0. The lowest BCUT2D eigenvalue weighted by atomic mass is 10.1. The van der Waals surface area contributed by atoms with Gasteiger partial charge in [-0.1, -0.05) is 24.6 Å². The molecule has 3 aromatic carbocycles. The number of amides is 3. The van der Waals surface area contributed by atoms with Crippen LogP contribution in [-0.2, 0) is 6.54 Å². The molecule has 43 heavy (non-hydrogen) atoms. The Morgan fingerprint density at radius 1 is 0.977 bits per heavy atom. The SMILES string of the molecule is O=C(Nc1ccc(CN2CCCCC2)cc1)c1sc2ncnc3c2c1NC(=O)N3c1ccc(Oc2cccc(F)c2)cc1. The van der Waals surface area contributed by atoms with Crippen molar-refractivity contribution in [1.29, 1.82) is 0 Å². The van der Waals surface area contributed by atoms with Crippen LogP contribution >= 0.6 is 11.3 Å². The van der Waals surface area contributed by atoms with Gasteiger partial charge < -0.3 is 15.4 Å². The molecule has 0 unspecified atom stereocenters. The number of ether oxygens (including phenoxy) is 1. The maximum atomic E-state index is 13.5. The van der Waals surface area contributed by atoms with E-state index in [1.807, 2.05) is 24.3 Å². The summed E-state index contributed by atoms with van der Waals surface area (Å²) in [5.74, 6) is 0.491. The number of thiophene rings is 1. The maximum Gasteiger partial charge on any atom is 0.332 e. The van der Waals surface area contributed by atoms with E-state index < -0.39 is 11.8 Å². The summed E-state index contributed by atoms with van der Waals surface area (Å²) < 4.78 is 19.3. The van der Waals surface area contributed by atoms with Crippen LogP contribution < -0.4 is 20.3 Å². The molecule has 0 atom stereocenters. The topological polar surface area (TPSA) is 99.7 Å². The molecule has 216 valence electrons. The fourth-order valence-electron chi connectivity index (χ4n) is 5.45. The lowest BCUT2D eigenvalue weighted by Gasteiger charge is -2.27. The molecule has 7 rings (SSSR count). The van der Waals surface area contributed by atoms with Crippen molar-refractivity contribution in [3.8, 4) is 11.5 Å². The van der Waals surface area contributed by atoms with E-state index in [1.165, 1.54) is 59.5 Å². The highest BCUT2D eigenvalue weighted by Crippen LogP contribution is 2.45. The van der Waals surface area contributed by atoms with Crippen LogP contribution in [0.15, 0.2) is 79.1 Å². The fraction of sp³-hybridized carbons (Fsp3) is 0.188. The fourth-order valence-corrected chi connectivity index (χ4v) is 6.44. The van der Waals surface area contributed by atoms with Crippen LogP contribution in [0.25, 0.3) is 10.2 Å². The average molecular weight is 595 g/mol. The smallest absolute Gasteiger partial charge is 0.332 e. The van der Waals surface area contributed by atoms with E-state index in [1.54, 1.807) is 36.4 Å². The Morgan fingerprint density at radius 3 is 2.53 bits per heavy atom. The van der Waals surface area contributed by atoms with Crippen molar-refractivity contribution < 1.29 is 18.7 Å². The molecule has 0 bridgehead atoms. The molecular formula is C32H27FN6O3S. The molecule has 0 saturated carbocycles. The number of aromatic nitrogens is 2. The third-order valence-electron chi connectivity index (χ3n) is 7.51. The van der Waals surface area contributed by atoms with Gasteiger partial charge in [-0.2, -0.15) is 0 Å². The van der Waals surface area contributed by atoms with Gasteiger partial charge in [-0.3, -0.25) is 9.69 Å². The monoisotopic (exact) mass is 594 g/mol. The standard InChI is InChI=1S/C32H27FN6O3S/c33-21-5-4-6-25(17-21)42-24-13-11-23(12-14-24)39-29-26-27(37-32(39)41)28(43-31(26)35-19-34-29)30(40)36-22-9-7-20(8-10-22)18-38-15-2-1-3-16-38/h4-14,17,19H,1-3,15-16,18H2,(H,36,40)(H,37,41). The number of likely N-dealkylation sites (tertiary alicyclic amines) is 1. The molecule has 0 radical (unpaired) electrons. The van der Waals surface area contributed by atoms with E-state index in [9.17, 15) is 14.0 Å². The number of nitrogens with one attached hydrogen (secondary N) is 2. The summed E-state index contributed by atoms with van der Waals surface area (Å²) in [7, 11) is 0. The van der Waals surface area contributed by atoms with Crippen molar-refractivity contribution in [2.45, 2.75) is 25.8 Å². The minimum Gasteiger partial charge on any atom is -0.457 e. The summed E-state index contributed by atoms with van der Waals surface area (Å²) >= 11 is 1.20. The van der Waals surface area contributed by atoms with Crippen LogP contribution in [-0.4, -0.2) is 39.9 Å². The Bertz CT molecular complexity index is 1820. The first-order valence-corrected chi connectivity index (χ1v) is 14.9. The summed E-state index contributed by atoms with van der Waals surface area (Å²) in [5, 5.41) is 6.44. The van der Waals surface area contributed by atoms with Gasteiger partial charge in [0.2, 0.25) is 0 Å². The van der Waals surface area contributed by atoms with E-state index in [0.717, 1.165) is 19.6 Å². The molecule has 4 heterocycles. The van der Waals surface area contributed by atoms with Crippen molar-refractivity contribution >= 4 is 56.4 Å². The van der Waals surface area contributed by atoms with Gasteiger partial charge in [0.1, 0.15) is 33.4 Å². The number of rotatable bonds is 7. The van der Waals surface area contributed by atoms with Gasteiger partial charge in [0.25, 0.3) is 5.91 Å². The summed E-state index contributed by atoms with van der Waals surface area (Å²) in [6.45, 7) is 3.15. The lowest BCUT2D eigenvalue weighted by Crippen LogP contribution is -2.35. The first-order valence-electron chi connectivity index (χ1n) is 14.1. The average Bonchev–Trinajstić information content (AvgIpc) is 3.39. The molecule has 1 fully saturated rings. The van der Waals surface area contributed by atoms with Crippen LogP contribution in [0.3, 0.4) is 0 Å². The second kappa shape index (κ2) is 11.4. The Labute approximate surface area is 250 Å². The number of carbonyl (C=O) groups is 2. The van der Waals surface area contributed by atoms with E-state index >= 15 is 0 Å². The second-order valence-corrected chi connectivity index (χ2v) is 11.5. The van der Waals surface area contributed by atoms with Crippen LogP contribution in [0.5, 0.6) is 11.5 Å². The van der Waals surface area contributed by atoms with E-state index in [0.29, 0.717) is 49.5 Å². The normalized spacial score (nSPS) is 14.9. The Balaban J connectivity index is 1.11. The van der Waals surface area contributed by atoms with Gasteiger partial charge in [-0.15, -0.1) is 11.3 Å². The maximum absolute atomic E-state index is 13.5. The van der Waals surface area contributed by atoms with Crippen LogP contribution in [0.2, 0.25) is 0 Å². The minimum absolute atomic E-state index is 0.333. The number of anilines is 4. The predicted molar refractivity (Wildman–Crippen MR) is 165 cm³/mol. The summed E-state index contributed by atoms with van der Waals surface area (Å²) in [4.78, 5) is 40.4. The van der Waals surface area contributed by atoms with E-state index in [2.05, 4.69) is 25.5 Å². The minimum atomic E-state index is -0.458. The number of carbonyl (C=O) groups excluding carboxylic acids is 2. The van der Waals surface area contributed by atoms with Crippen LogP contribution in [0.4, 0.5) is 32.1 Å². The summed E-state index contributed by atoms with van der Waals surface area (Å²) in [6, 6.07) is 20.1. The third-order valence-corrected chi connectivity index (χ3v) is 8.61. The molecular weight excluding hydrogens is 567 g/mol. The molecule has 2 aliphatic rings. The number of hydrogen-bond donors (Lipinski definition) is 2. The van der Waals surface area contributed by atoms with Gasteiger partial charge in [0.15, 0.2) is 5.82 Å². The molecule has 0 aliphatic carbocycles. The highest BCUT2D eigenvalue weighted by atomic mass is 32.1. The van der Waals surface area contributed by atoms with E-state index in [4.69, 9.17) is 4.74 Å². The van der Waals surface area contributed by atoms with Crippen LogP contribution in [0, 0.1) is 5.82 Å². The molecule has 5 aromatic rings. The number of benzene rings is 3. The number of piperidine rings is 1. The zero-order valence-corrected chi connectivity index (χ0v) is 23.9. The van der Waals surface area contributed by atoms with E-state index in [-0.39, 0.29) is 5.91 Å². The Morgan fingerprint density at radius 2 is 1.77 bits per heavy atom. The molecule has 1 saturated heterocycles. The van der Waals surface area contributed by atoms with Gasteiger partial charge in [-0.25, -0.2) is 24.1 Å². The second-order valence-electron chi connectivity index (χ2n) is 10.5. The largest absolute Gasteiger partial charge is 0.457 e.